The number of ether oxygens (including phenoxy) is 2. The fraction of sp³-hybridized carbons (Fsp3) is 0.393. The van der Waals surface area contributed by atoms with E-state index in [1.807, 2.05) is 44.0 Å². The summed E-state index contributed by atoms with van der Waals surface area (Å²) in [6.07, 6.45) is -8.41. The van der Waals surface area contributed by atoms with Crippen LogP contribution in [-0.2, 0) is 14.4 Å². The van der Waals surface area contributed by atoms with Crippen LogP contribution in [0.2, 0.25) is 5.02 Å². The fourth-order valence-corrected chi connectivity index (χ4v) is 3.66. The van der Waals surface area contributed by atoms with Crippen molar-refractivity contribution in [2.45, 2.75) is 44.4 Å². The molecule has 3 rings (SSSR count). The van der Waals surface area contributed by atoms with Crippen LogP contribution in [0.15, 0.2) is 48.7 Å². The molecule has 0 saturated heterocycles. The number of aryl methyl sites for hydroxylation is 2. The monoisotopic (exact) mass is 655 g/mol. The molecule has 0 fully saturated rings. The van der Waals surface area contributed by atoms with Gasteiger partial charge in [0.15, 0.2) is 19.0 Å². The van der Waals surface area contributed by atoms with Crippen LogP contribution in [0, 0.1) is 13.8 Å². The molecule has 0 aromatic heterocycles. The summed E-state index contributed by atoms with van der Waals surface area (Å²) in [6, 6.07) is 11.1. The molecule has 8 nitrogen and oxygen atoms in total. The van der Waals surface area contributed by atoms with Gasteiger partial charge < -0.3 is 25.0 Å². The smallest absolute Gasteiger partial charge is 0.460 e. The van der Waals surface area contributed by atoms with E-state index < -0.39 is 30.4 Å². The molecule has 16 heteroatoms. The van der Waals surface area contributed by atoms with Gasteiger partial charge in [-0.3, -0.25) is 14.4 Å². The maximum absolute atomic E-state index is 12.6. The largest absolute Gasteiger partial charge is 0.484 e. The number of halogens is 8. The number of hydrogen-bond donors (Lipinski definition) is 2. The number of aldehydes is 1. The minimum Gasteiger partial charge on any atom is -0.484 e. The normalized spacial score (nSPS) is 14.7. The van der Waals surface area contributed by atoms with E-state index in [1.165, 1.54) is 0 Å². The van der Waals surface area contributed by atoms with Gasteiger partial charge >= 0.3 is 18.0 Å². The lowest BCUT2D eigenvalue weighted by Crippen LogP contribution is -2.52. The lowest BCUT2D eigenvalue weighted by molar-refractivity contribution is -0.340. The van der Waals surface area contributed by atoms with Crippen molar-refractivity contribution < 1.29 is 54.6 Å². The van der Waals surface area contributed by atoms with Crippen LogP contribution in [-0.4, -0.2) is 69.0 Å². The van der Waals surface area contributed by atoms with Crippen molar-refractivity contribution in [2.24, 2.45) is 0 Å². The Kier molecular flexibility index (Phi) is 12.0. The van der Waals surface area contributed by atoms with Gasteiger partial charge in [-0.05, 0) is 55.3 Å². The van der Waals surface area contributed by atoms with Crippen molar-refractivity contribution in [3.8, 4) is 11.5 Å². The van der Waals surface area contributed by atoms with Crippen molar-refractivity contribution >= 4 is 35.4 Å². The highest BCUT2D eigenvalue weighted by molar-refractivity contribution is 6.31. The Hall–Kier alpha value is -4.01. The molecule has 2 aromatic carbocycles. The Morgan fingerprint density at radius 3 is 2.34 bits per heavy atom. The summed E-state index contributed by atoms with van der Waals surface area (Å²) < 4.78 is 91.1. The van der Waals surface area contributed by atoms with Crippen LogP contribution >= 0.6 is 11.6 Å². The zero-order valence-corrected chi connectivity index (χ0v) is 24.4. The first-order chi connectivity index (χ1) is 20.3. The summed E-state index contributed by atoms with van der Waals surface area (Å²) in [6.45, 7) is 8.41. The lowest BCUT2D eigenvalue weighted by atomic mass is 10.1. The van der Waals surface area contributed by atoms with Gasteiger partial charge in [-0.2, -0.15) is 30.7 Å². The van der Waals surface area contributed by atoms with Gasteiger partial charge in [0.1, 0.15) is 11.5 Å². The van der Waals surface area contributed by atoms with E-state index >= 15 is 0 Å². The topological polar surface area (TPSA) is 97.0 Å². The predicted molar refractivity (Wildman–Crippen MR) is 147 cm³/mol. The summed E-state index contributed by atoms with van der Waals surface area (Å²) in [7, 11) is 1.93. The van der Waals surface area contributed by atoms with Crippen molar-refractivity contribution in [1.29, 1.82) is 0 Å². The van der Waals surface area contributed by atoms with Crippen LogP contribution in [0.4, 0.5) is 36.4 Å². The summed E-state index contributed by atoms with van der Waals surface area (Å²) in [5.74, 6) is -11.3. The third-order valence-electron chi connectivity index (χ3n) is 6.00. The molecule has 2 amide bonds. The first kappa shape index (κ1) is 36.2. The lowest BCUT2D eigenvalue weighted by Gasteiger charge is -2.33. The second-order valence-corrected chi connectivity index (χ2v) is 10.1. The second-order valence-electron chi connectivity index (χ2n) is 9.66. The Labute approximate surface area is 253 Å². The molecule has 0 spiro atoms. The number of hydrogen-bond acceptors (Lipinski definition) is 6. The number of anilines is 1. The number of carbonyl (C=O) groups is 3. The predicted octanol–water partition coefficient (Wildman–Crippen LogP) is 5.39. The Morgan fingerprint density at radius 2 is 1.77 bits per heavy atom. The van der Waals surface area contributed by atoms with E-state index in [0.29, 0.717) is 41.7 Å². The zero-order chi connectivity index (χ0) is 33.5. The van der Waals surface area contributed by atoms with Crippen molar-refractivity contribution in [2.75, 3.05) is 31.6 Å². The quantitative estimate of drug-likeness (QED) is 0.263. The molecule has 0 bridgehead atoms. The maximum Gasteiger partial charge on any atom is 0.460 e. The van der Waals surface area contributed by atoms with Crippen molar-refractivity contribution in [3.63, 3.8) is 0 Å². The van der Waals surface area contributed by atoms with Gasteiger partial charge in [0.2, 0.25) is 0 Å². The molecule has 1 heterocycles. The average molecular weight is 656 g/mol. The summed E-state index contributed by atoms with van der Waals surface area (Å²) >= 11 is 5.98. The SMILES string of the molecule is C=C(CCNC(=O)COc1ccc(Cl)c(C)c1)NC(=O)C1CN(C)c2cc(C)ccc2O1.O=CC(F)(F)C(F)(F)C(F)(F)F. The molecule has 2 N–H and O–H groups in total. The first-order valence-corrected chi connectivity index (χ1v) is 13.1. The number of fused-ring (bicyclic) bond motifs is 1. The third kappa shape index (κ3) is 9.49. The third-order valence-corrected chi connectivity index (χ3v) is 6.42. The Morgan fingerprint density at radius 1 is 1.11 bits per heavy atom. The van der Waals surface area contributed by atoms with Gasteiger partial charge in [0, 0.05) is 30.7 Å². The van der Waals surface area contributed by atoms with Crippen LogP contribution in [0.1, 0.15) is 17.5 Å². The molecule has 0 aliphatic carbocycles. The average Bonchev–Trinajstić information content (AvgIpc) is 2.93. The Balaban J connectivity index is 0.000000477. The standard InChI is InChI=1S/C24H28ClN3O4.C4HF7O/c1-15-5-8-21-20(11-15)28(4)13-22(32-21)24(30)27-17(3)9-10-26-23(29)14-31-18-6-7-19(25)16(2)12-18;5-2(6,1-12)3(7,8)4(9,10)11/h5-8,11-12,22H,3,9-10,13-14H2,1-2,4H3,(H,26,29)(H,27,30);1H. The maximum atomic E-state index is 12.6. The van der Waals surface area contributed by atoms with Crippen LogP contribution in [0.5, 0.6) is 11.5 Å². The first-order valence-electron chi connectivity index (χ1n) is 12.7. The molecule has 0 radical (unpaired) electrons. The molecular weight excluding hydrogens is 627 g/mol. The number of benzene rings is 2. The summed E-state index contributed by atoms with van der Waals surface area (Å²) in [5, 5.41) is 6.17. The molecule has 1 atom stereocenters. The second kappa shape index (κ2) is 14.6. The molecule has 44 heavy (non-hydrogen) atoms. The highest BCUT2D eigenvalue weighted by Crippen LogP contribution is 2.45. The van der Waals surface area contributed by atoms with E-state index in [4.69, 9.17) is 21.1 Å². The highest BCUT2D eigenvalue weighted by atomic mass is 35.5. The van der Waals surface area contributed by atoms with Gasteiger partial charge in [0.05, 0.1) is 12.2 Å². The molecule has 1 unspecified atom stereocenters. The summed E-state index contributed by atoms with van der Waals surface area (Å²) in [4.78, 5) is 35.8. The van der Waals surface area contributed by atoms with Gasteiger partial charge in [0.25, 0.3) is 11.8 Å². The van der Waals surface area contributed by atoms with Crippen molar-refractivity contribution in [1.82, 2.24) is 10.6 Å². The van der Waals surface area contributed by atoms with E-state index in [9.17, 15) is 45.1 Å². The van der Waals surface area contributed by atoms with Crippen LogP contribution in [0.25, 0.3) is 0 Å². The number of nitrogens with one attached hydrogen (secondary N) is 2. The minimum absolute atomic E-state index is 0.110. The number of carbonyl (C=O) groups excluding carboxylic acids is 3. The van der Waals surface area contributed by atoms with Crippen LogP contribution < -0.4 is 25.0 Å². The number of amides is 2. The van der Waals surface area contributed by atoms with Gasteiger partial charge in [-0.15, -0.1) is 0 Å². The van der Waals surface area contributed by atoms with E-state index in [2.05, 4.69) is 17.2 Å². The molecular formula is C28H29ClF7N3O5. The molecule has 1 aliphatic heterocycles. The van der Waals surface area contributed by atoms with Crippen molar-refractivity contribution in [3.05, 3.63) is 64.8 Å². The molecule has 0 saturated carbocycles. The van der Waals surface area contributed by atoms with Gasteiger partial charge in [-0.1, -0.05) is 24.2 Å². The van der Waals surface area contributed by atoms with Crippen LogP contribution in [0.3, 0.4) is 0 Å². The number of likely N-dealkylation sites (N-methyl/N-ethyl adjacent to an activating group) is 1. The number of nitrogens with zero attached hydrogens (tertiary/aromatic N) is 1. The minimum atomic E-state index is -6.43. The Bertz CT molecular complexity index is 1370. The summed E-state index contributed by atoms with van der Waals surface area (Å²) in [5.41, 5.74) is 3.48. The zero-order valence-electron chi connectivity index (χ0n) is 23.7. The van der Waals surface area contributed by atoms with E-state index in [1.54, 1.807) is 18.2 Å². The number of alkyl halides is 7. The molecule has 2 aromatic rings. The van der Waals surface area contributed by atoms with E-state index in [0.717, 1.165) is 16.8 Å². The molecule has 1 aliphatic rings. The van der Waals surface area contributed by atoms with E-state index in [-0.39, 0.29) is 18.4 Å². The highest BCUT2D eigenvalue weighted by Gasteiger charge is 2.73. The molecule has 242 valence electrons. The fourth-order valence-electron chi connectivity index (χ4n) is 3.54. The number of rotatable bonds is 10. The van der Waals surface area contributed by atoms with Gasteiger partial charge in [-0.25, -0.2) is 0 Å².